The van der Waals surface area contributed by atoms with Crippen LogP contribution in [-0.2, 0) is 6.18 Å². The molecule has 4 N–H and O–H groups in total. The minimum Gasteiger partial charge on any atom is -0.478 e. The van der Waals surface area contributed by atoms with E-state index in [0.29, 0.717) is 22.5 Å². The van der Waals surface area contributed by atoms with Crippen LogP contribution >= 0.6 is 0 Å². The van der Waals surface area contributed by atoms with E-state index >= 15 is 0 Å². The maximum absolute atomic E-state index is 12.7. The van der Waals surface area contributed by atoms with Gasteiger partial charge in [-0.25, -0.2) is 9.78 Å². The number of carboxylic acid groups (broad SMARTS) is 1. The van der Waals surface area contributed by atoms with Gasteiger partial charge in [0.1, 0.15) is 5.82 Å². The fourth-order valence-electron chi connectivity index (χ4n) is 2.54. The van der Waals surface area contributed by atoms with E-state index in [9.17, 15) is 23.1 Å². The van der Waals surface area contributed by atoms with Crippen LogP contribution in [0.2, 0.25) is 0 Å². The molecule has 138 valence electrons. The van der Waals surface area contributed by atoms with Crippen LogP contribution < -0.4 is 11.1 Å². The highest BCUT2D eigenvalue weighted by atomic mass is 19.4. The summed E-state index contributed by atoms with van der Waals surface area (Å²) in [5.74, 6) is -0.840. The molecule has 0 aliphatic heterocycles. The van der Waals surface area contributed by atoms with Gasteiger partial charge in [0.15, 0.2) is 0 Å². The predicted molar refractivity (Wildman–Crippen MR) is 95.8 cm³/mol. The number of nitrogen functional groups attached to an aromatic ring is 1. The van der Waals surface area contributed by atoms with Gasteiger partial charge in [-0.1, -0.05) is 0 Å². The fourth-order valence-corrected chi connectivity index (χ4v) is 2.54. The first-order valence-electron chi connectivity index (χ1n) is 7.77. The number of nitrogens with one attached hydrogen (secondary N) is 1. The maximum atomic E-state index is 12.7. The minimum absolute atomic E-state index is 0.0679. The average Bonchev–Trinajstić information content (AvgIpc) is 2.61. The number of pyridine rings is 1. The first-order valence-corrected chi connectivity index (χ1v) is 7.77. The molecule has 5 nitrogen and oxygen atoms in total. The van der Waals surface area contributed by atoms with E-state index < -0.39 is 17.7 Å². The van der Waals surface area contributed by atoms with Gasteiger partial charge in [0, 0.05) is 23.1 Å². The maximum Gasteiger partial charge on any atom is 0.416 e. The Balaban J connectivity index is 2.01. The average molecular weight is 373 g/mol. The highest BCUT2D eigenvalue weighted by Gasteiger charge is 2.29. The van der Waals surface area contributed by atoms with Gasteiger partial charge in [-0.2, -0.15) is 13.2 Å². The molecule has 0 radical (unpaired) electrons. The highest BCUT2D eigenvalue weighted by Crippen LogP contribution is 2.34. The first kappa shape index (κ1) is 18.2. The Bertz CT molecular complexity index is 986. The molecule has 0 fully saturated rings. The zero-order chi connectivity index (χ0) is 19.6. The van der Waals surface area contributed by atoms with Crippen LogP contribution in [0.4, 0.5) is 30.4 Å². The first-order chi connectivity index (χ1) is 12.7. The molecule has 2 aromatic carbocycles. The molecule has 8 heteroatoms. The van der Waals surface area contributed by atoms with E-state index in [-0.39, 0.29) is 11.4 Å². The SMILES string of the molecule is Nc1cc(-c2cc(C(=O)O)ccc2Nc2ccc(C(F)(F)F)cc2)ccn1. The fraction of sp³-hybridized carbons (Fsp3) is 0.0526. The van der Waals surface area contributed by atoms with E-state index in [0.717, 1.165) is 12.1 Å². The topological polar surface area (TPSA) is 88.2 Å². The Kier molecular flexibility index (Phi) is 4.72. The number of aromatic nitrogens is 1. The Morgan fingerprint density at radius 3 is 2.33 bits per heavy atom. The van der Waals surface area contributed by atoms with Crippen molar-refractivity contribution in [2.75, 3.05) is 11.1 Å². The van der Waals surface area contributed by atoms with Crippen LogP contribution in [0.15, 0.2) is 60.8 Å². The van der Waals surface area contributed by atoms with E-state index in [1.165, 1.54) is 30.5 Å². The number of nitrogens with two attached hydrogens (primary N) is 1. The van der Waals surface area contributed by atoms with Crippen molar-refractivity contribution in [1.82, 2.24) is 4.98 Å². The van der Waals surface area contributed by atoms with Crippen molar-refractivity contribution >= 4 is 23.2 Å². The number of carbonyl (C=O) groups is 1. The monoisotopic (exact) mass is 373 g/mol. The van der Waals surface area contributed by atoms with Gasteiger partial charge in [-0.05, 0) is 60.2 Å². The number of aromatic carboxylic acids is 1. The second kappa shape index (κ2) is 6.99. The van der Waals surface area contributed by atoms with E-state index in [4.69, 9.17) is 5.73 Å². The Morgan fingerprint density at radius 1 is 1.04 bits per heavy atom. The van der Waals surface area contributed by atoms with Crippen molar-refractivity contribution < 1.29 is 23.1 Å². The third kappa shape index (κ3) is 4.17. The summed E-state index contributed by atoms with van der Waals surface area (Å²) in [5, 5.41) is 12.2. The number of hydrogen-bond donors (Lipinski definition) is 3. The van der Waals surface area contributed by atoms with Gasteiger partial charge in [0.25, 0.3) is 0 Å². The lowest BCUT2D eigenvalue weighted by Crippen LogP contribution is -2.04. The van der Waals surface area contributed by atoms with Gasteiger partial charge in [0.2, 0.25) is 0 Å². The number of nitrogens with zero attached hydrogens (tertiary/aromatic N) is 1. The predicted octanol–water partition coefficient (Wildman–Crippen LogP) is 4.79. The molecule has 0 aliphatic carbocycles. The third-order valence-corrected chi connectivity index (χ3v) is 3.85. The largest absolute Gasteiger partial charge is 0.478 e. The summed E-state index contributed by atoms with van der Waals surface area (Å²) in [5.41, 5.74) is 7.11. The Morgan fingerprint density at radius 2 is 1.74 bits per heavy atom. The quantitative estimate of drug-likeness (QED) is 0.612. The molecule has 0 bridgehead atoms. The van der Waals surface area contributed by atoms with Crippen LogP contribution in [-0.4, -0.2) is 16.1 Å². The summed E-state index contributed by atoms with van der Waals surface area (Å²) in [6, 6.07) is 12.2. The number of halogens is 3. The summed E-state index contributed by atoms with van der Waals surface area (Å²) in [7, 11) is 0. The Hall–Kier alpha value is -3.55. The van der Waals surface area contributed by atoms with Gasteiger partial charge in [-0.15, -0.1) is 0 Å². The summed E-state index contributed by atoms with van der Waals surface area (Å²) in [6.45, 7) is 0. The second-order valence-electron chi connectivity index (χ2n) is 5.74. The van der Waals surface area contributed by atoms with Crippen molar-refractivity contribution in [3.8, 4) is 11.1 Å². The molecular formula is C19H14F3N3O2. The van der Waals surface area contributed by atoms with Crippen molar-refractivity contribution in [3.63, 3.8) is 0 Å². The number of benzene rings is 2. The number of carboxylic acids is 1. The van der Waals surface area contributed by atoms with Crippen LogP contribution in [0, 0.1) is 0 Å². The standard InChI is InChI=1S/C19H14F3N3O2/c20-19(21,22)13-2-4-14(5-3-13)25-16-6-1-12(18(26)27)9-15(16)11-7-8-24-17(23)10-11/h1-10,25H,(H2,23,24)(H,26,27). The zero-order valence-electron chi connectivity index (χ0n) is 13.8. The highest BCUT2D eigenvalue weighted by molar-refractivity contribution is 5.93. The van der Waals surface area contributed by atoms with Crippen molar-refractivity contribution in [1.29, 1.82) is 0 Å². The molecule has 1 aromatic heterocycles. The van der Waals surface area contributed by atoms with Crippen LogP contribution in [0.1, 0.15) is 15.9 Å². The van der Waals surface area contributed by atoms with Crippen LogP contribution in [0.25, 0.3) is 11.1 Å². The Labute approximate surface area is 152 Å². The third-order valence-electron chi connectivity index (χ3n) is 3.85. The molecule has 0 atom stereocenters. The molecule has 0 saturated carbocycles. The van der Waals surface area contributed by atoms with Gasteiger partial charge < -0.3 is 16.2 Å². The summed E-state index contributed by atoms with van der Waals surface area (Å²) < 4.78 is 38.1. The van der Waals surface area contributed by atoms with Crippen molar-refractivity contribution in [2.24, 2.45) is 0 Å². The molecule has 0 saturated heterocycles. The van der Waals surface area contributed by atoms with Crippen molar-refractivity contribution in [2.45, 2.75) is 6.18 Å². The van der Waals surface area contributed by atoms with Gasteiger partial charge >= 0.3 is 12.1 Å². The van der Waals surface area contributed by atoms with Crippen molar-refractivity contribution in [3.05, 3.63) is 71.9 Å². The molecule has 0 amide bonds. The minimum atomic E-state index is -4.42. The number of hydrogen-bond acceptors (Lipinski definition) is 4. The molecule has 3 rings (SSSR count). The molecule has 0 spiro atoms. The molecular weight excluding hydrogens is 359 g/mol. The number of anilines is 3. The number of rotatable bonds is 4. The lowest BCUT2D eigenvalue weighted by molar-refractivity contribution is -0.137. The lowest BCUT2D eigenvalue weighted by Gasteiger charge is -2.14. The van der Waals surface area contributed by atoms with Gasteiger partial charge in [-0.3, -0.25) is 0 Å². The van der Waals surface area contributed by atoms with Gasteiger partial charge in [0.05, 0.1) is 11.1 Å². The van der Waals surface area contributed by atoms with Crippen LogP contribution in [0.5, 0.6) is 0 Å². The molecule has 0 aliphatic rings. The number of alkyl halides is 3. The summed E-state index contributed by atoms with van der Waals surface area (Å²) in [6.07, 6.45) is -2.93. The molecule has 1 heterocycles. The molecule has 27 heavy (non-hydrogen) atoms. The van der Waals surface area contributed by atoms with E-state index in [2.05, 4.69) is 10.3 Å². The second-order valence-corrected chi connectivity index (χ2v) is 5.74. The summed E-state index contributed by atoms with van der Waals surface area (Å²) in [4.78, 5) is 15.2. The molecule has 3 aromatic rings. The summed E-state index contributed by atoms with van der Waals surface area (Å²) >= 11 is 0. The lowest BCUT2D eigenvalue weighted by atomic mass is 10.0. The van der Waals surface area contributed by atoms with Crippen LogP contribution in [0.3, 0.4) is 0 Å². The van der Waals surface area contributed by atoms with E-state index in [1.54, 1.807) is 18.2 Å². The normalized spacial score (nSPS) is 11.2. The molecule has 0 unspecified atom stereocenters. The zero-order valence-corrected chi connectivity index (χ0v) is 13.8. The smallest absolute Gasteiger partial charge is 0.416 e. The van der Waals surface area contributed by atoms with E-state index in [1.807, 2.05) is 0 Å².